The van der Waals surface area contributed by atoms with Crippen LogP contribution < -0.4 is 15.0 Å². The largest absolute Gasteiger partial charge is 0.490 e. The summed E-state index contributed by atoms with van der Waals surface area (Å²) in [4.78, 5) is 29.8. The van der Waals surface area contributed by atoms with Crippen LogP contribution in [0.25, 0.3) is 11.6 Å². The number of amides is 1. The molecule has 1 aromatic carbocycles. The minimum Gasteiger partial charge on any atom is -0.490 e. The molecule has 9 nitrogen and oxygen atoms in total. The normalized spacial score (nSPS) is 15.1. The molecule has 1 amide bonds. The van der Waals surface area contributed by atoms with Gasteiger partial charge < -0.3 is 20.1 Å². The fourth-order valence-electron chi connectivity index (χ4n) is 3.71. The van der Waals surface area contributed by atoms with Crippen LogP contribution in [0.5, 0.6) is 5.75 Å². The molecule has 172 valence electrons. The molecule has 1 aliphatic rings. The van der Waals surface area contributed by atoms with Gasteiger partial charge in [0.25, 0.3) is 0 Å². The standard InChI is InChI=1S/C22H22F2N6O3/c1-13-15-12-28-21(20-25-5-2-6-26-20)29-17(15)4-8-30(13)14-10-16(23)19(24)18(11-14)33-9-3-7-27-22(31)32/h2,5-6,10-13,27H,3-4,7-9H2,1H3,(H,31,32). The smallest absolute Gasteiger partial charge is 0.404 e. The van der Waals surface area contributed by atoms with E-state index in [-0.39, 0.29) is 24.9 Å². The average Bonchev–Trinajstić information content (AvgIpc) is 2.82. The lowest BCUT2D eigenvalue weighted by atomic mass is 9.98. The number of benzene rings is 1. The first-order valence-corrected chi connectivity index (χ1v) is 10.4. The van der Waals surface area contributed by atoms with Gasteiger partial charge in [-0.3, -0.25) is 0 Å². The first kappa shape index (κ1) is 22.3. The Labute approximate surface area is 188 Å². The molecular formula is C22H22F2N6O3. The van der Waals surface area contributed by atoms with E-state index < -0.39 is 17.7 Å². The van der Waals surface area contributed by atoms with Gasteiger partial charge in [-0.05, 0) is 19.4 Å². The van der Waals surface area contributed by atoms with Crippen LogP contribution >= 0.6 is 0 Å². The predicted molar refractivity (Wildman–Crippen MR) is 115 cm³/mol. The first-order chi connectivity index (χ1) is 15.9. The third-order valence-corrected chi connectivity index (χ3v) is 5.34. The van der Waals surface area contributed by atoms with Crippen LogP contribution in [-0.2, 0) is 6.42 Å². The zero-order chi connectivity index (χ0) is 23.4. The maximum absolute atomic E-state index is 14.3. The third kappa shape index (κ3) is 4.97. The highest BCUT2D eigenvalue weighted by Gasteiger charge is 2.28. The molecule has 1 aliphatic heterocycles. The Balaban J connectivity index is 1.52. The quantitative estimate of drug-likeness (QED) is 0.521. The Morgan fingerprint density at radius 1 is 1.24 bits per heavy atom. The molecular weight excluding hydrogens is 434 g/mol. The zero-order valence-electron chi connectivity index (χ0n) is 17.8. The van der Waals surface area contributed by atoms with Crippen LogP contribution in [0, 0.1) is 11.6 Å². The summed E-state index contributed by atoms with van der Waals surface area (Å²) in [5, 5.41) is 10.8. The molecule has 0 saturated carbocycles. The van der Waals surface area contributed by atoms with Crippen molar-refractivity contribution in [3.63, 3.8) is 0 Å². The van der Waals surface area contributed by atoms with Crippen molar-refractivity contribution in [1.82, 2.24) is 25.3 Å². The Hall–Kier alpha value is -3.89. The number of aromatic nitrogens is 4. The summed E-state index contributed by atoms with van der Waals surface area (Å²) in [5.41, 5.74) is 2.22. The molecule has 3 heterocycles. The van der Waals surface area contributed by atoms with Crippen LogP contribution in [0.1, 0.15) is 30.6 Å². The van der Waals surface area contributed by atoms with Crippen LogP contribution in [-0.4, -0.2) is 50.8 Å². The molecule has 1 unspecified atom stereocenters. The van der Waals surface area contributed by atoms with Gasteiger partial charge in [-0.25, -0.2) is 29.1 Å². The minimum atomic E-state index is -1.15. The van der Waals surface area contributed by atoms with Crippen molar-refractivity contribution in [2.75, 3.05) is 24.6 Å². The molecule has 0 fully saturated rings. The summed E-state index contributed by atoms with van der Waals surface area (Å²) < 4.78 is 34.0. The number of nitrogens with one attached hydrogen (secondary N) is 1. The maximum atomic E-state index is 14.3. The number of fused-ring (bicyclic) bond motifs is 1. The van der Waals surface area contributed by atoms with Gasteiger partial charge in [0.15, 0.2) is 23.2 Å². The second-order valence-electron chi connectivity index (χ2n) is 7.46. The number of anilines is 1. The second kappa shape index (κ2) is 9.72. The van der Waals surface area contributed by atoms with E-state index >= 15 is 0 Å². The molecule has 0 radical (unpaired) electrons. The van der Waals surface area contributed by atoms with Gasteiger partial charge in [-0.2, -0.15) is 4.39 Å². The van der Waals surface area contributed by atoms with Crippen LogP contribution in [0.15, 0.2) is 36.8 Å². The lowest BCUT2D eigenvalue weighted by molar-refractivity contribution is 0.193. The van der Waals surface area contributed by atoms with Crippen molar-refractivity contribution in [3.8, 4) is 17.4 Å². The van der Waals surface area contributed by atoms with Crippen LogP contribution in [0.3, 0.4) is 0 Å². The summed E-state index contributed by atoms with van der Waals surface area (Å²) in [7, 11) is 0. The van der Waals surface area contributed by atoms with E-state index in [1.807, 2.05) is 11.8 Å². The van der Waals surface area contributed by atoms with E-state index in [9.17, 15) is 13.6 Å². The van der Waals surface area contributed by atoms with Crippen LogP contribution in [0.4, 0.5) is 19.3 Å². The molecule has 0 aliphatic carbocycles. The fraction of sp³-hybridized carbons (Fsp3) is 0.318. The highest BCUT2D eigenvalue weighted by Crippen LogP contribution is 2.36. The van der Waals surface area contributed by atoms with Gasteiger partial charge in [-0.15, -0.1) is 0 Å². The molecule has 11 heteroatoms. The second-order valence-corrected chi connectivity index (χ2v) is 7.46. The number of carbonyl (C=O) groups is 1. The van der Waals surface area contributed by atoms with Crippen molar-refractivity contribution < 1.29 is 23.4 Å². The molecule has 4 rings (SSSR count). The Bertz CT molecular complexity index is 1150. The highest BCUT2D eigenvalue weighted by atomic mass is 19.2. The Kier molecular flexibility index (Phi) is 6.57. The zero-order valence-corrected chi connectivity index (χ0v) is 17.8. The van der Waals surface area contributed by atoms with Gasteiger partial charge in [-0.1, -0.05) is 0 Å². The van der Waals surface area contributed by atoms with Crippen molar-refractivity contribution in [2.24, 2.45) is 0 Å². The van der Waals surface area contributed by atoms with Crippen molar-refractivity contribution in [2.45, 2.75) is 25.8 Å². The van der Waals surface area contributed by atoms with E-state index in [1.165, 1.54) is 6.07 Å². The van der Waals surface area contributed by atoms with Gasteiger partial charge in [0.05, 0.1) is 18.3 Å². The van der Waals surface area contributed by atoms with Gasteiger partial charge in [0, 0.05) is 61.5 Å². The van der Waals surface area contributed by atoms with Crippen LogP contribution in [0.2, 0.25) is 0 Å². The van der Waals surface area contributed by atoms with E-state index in [1.54, 1.807) is 24.7 Å². The molecule has 2 N–H and O–H groups in total. The molecule has 0 bridgehead atoms. The van der Waals surface area contributed by atoms with E-state index in [0.29, 0.717) is 36.7 Å². The number of rotatable bonds is 7. The molecule has 0 saturated heterocycles. The van der Waals surface area contributed by atoms with E-state index in [0.717, 1.165) is 17.3 Å². The van der Waals surface area contributed by atoms with Gasteiger partial charge >= 0.3 is 6.09 Å². The SMILES string of the molecule is CC1c2cnc(-c3ncccn3)nc2CCN1c1cc(F)c(F)c(OCCCNC(=O)O)c1. The number of hydrogen-bond acceptors (Lipinski definition) is 7. The third-order valence-electron chi connectivity index (χ3n) is 5.34. The van der Waals surface area contributed by atoms with E-state index in [4.69, 9.17) is 9.84 Å². The lowest BCUT2D eigenvalue weighted by Crippen LogP contribution is -2.35. The number of halogens is 2. The lowest BCUT2D eigenvalue weighted by Gasteiger charge is -2.36. The predicted octanol–water partition coefficient (Wildman–Crippen LogP) is 3.37. The van der Waals surface area contributed by atoms with E-state index in [2.05, 4.69) is 25.3 Å². The van der Waals surface area contributed by atoms with Crippen molar-refractivity contribution in [1.29, 1.82) is 0 Å². The molecule has 33 heavy (non-hydrogen) atoms. The number of ether oxygens (including phenoxy) is 1. The summed E-state index contributed by atoms with van der Waals surface area (Å²) in [6.45, 7) is 2.67. The number of nitrogens with zero attached hydrogens (tertiary/aromatic N) is 5. The maximum Gasteiger partial charge on any atom is 0.404 e. The number of hydrogen-bond donors (Lipinski definition) is 2. The summed E-state index contributed by atoms with van der Waals surface area (Å²) in [6, 6.07) is 4.13. The molecule has 3 aromatic rings. The van der Waals surface area contributed by atoms with Crippen molar-refractivity contribution >= 4 is 11.8 Å². The topological polar surface area (TPSA) is 113 Å². The summed E-state index contributed by atoms with van der Waals surface area (Å²) in [6.07, 6.45) is 4.72. The monoisotopic (exact) mass is 456 g/mol. The van der Waals surface area contributed by atoms with Crippen molar-refractivity contribution in [3.05, 3.63) is 59.7 Å². The Morgan fingerprint density at radius 2 is 2.03 bits per heavy atom. The number of carboxylic acid groups (broad SMARTS) is 1. The molecule has 2 aromatic heterocycles. The van der Waals surface area contributed by atoms with Gasteiger partial charge in [0.2, 0.25) is 5.82 Å². The average molecular weight is 456 g/mol. The molecule has 0 spiro atoms. The highest BCUT2D eigenvalue weighted by molar-refractivity contribution is 5.64. The Morgan fingerprint density at radius 3 is 2.79 bits per heavy atom. The molecule has 1 atom stereocenters. The minimum absolute atomic E-state index is 0.0383. The summed E-state index contributed by atoms with van der Waals surface area (Å²) >= 11 is 0. The first-order valence-electron chi connectivity index (χ1n) is 10.4. The fourth-order valence-corrected chi connectivity index (χ4v) is 3.71. The van der Waals surface area contributed by atoms with Gasteiger partial charge in [0.1, 0.15) is 0 Å². The summed E-state index contributed by atoms with van der Waals surface area (Å²) in [5.74, 6) is -1.43.